The number of hydrogen-bond acceptors (Lipinski definition) is 4. The van der Waals surface area contributed by atoms with Crippen molar-refractivity contribution >= 4 is 28.4 Å². The third kappa shape index (κ3) is 4.76. The monoisotopic (exact) mass is 464 g/mol. The van der Waals surface area contributed by atoms with Crippen LogP contribution in [0.3, 0.4) is 0 Å². The Morgan fingerprint density at radius 2 is 1.91 bits per heavy atom. The summed E-state index contributed by atoms with van der Waals surface area (Å²) in [4.78, 5) is 16.3. The second-order valence-corrected chi connectivity index (χ2v) is 7.97. The lowest BCUT2D eigenvalue weighted by atomic mass is 9.90. The van der Waals surface area contributed by atoms with Crippen LogP contribution in [0.1, 0.15) is 34.3 Å². The molecule has 6 nitrogen and oxygen atoms in total. The van der Waals surface area contributed by atoms with Crippen LogP contribution in [0, 0.1) is 0 Å². The molecule has 0 aliphatic heterocycles. The van der Waals surface area contributed by atoms with Crippen LogP contribution < -0.4 is 14.8 Å². The molecule has 0 saturated carbocycles. The number of benzene rings is 3. The molecule has 0 aliphatic carbocycles. The van der Waals surface area contributed by atoms with E-state index in [1.54, 1.807) is 14.0 Å². The van der Waals surface area contributed by atoms with Crippen molar-refractivity contribution in [1.29, 1.82) is 0 Å². The van der Waals surface area contributed by atoms with Crippen molar-refractivity contribution in [2.75, 3.05) is 20.3 Å². The smallest absolute Gasteiger partial charge is 0.251 e. The van der Waals surface area contributed by atoms with Crippen molar-refractivity contribution in [3.63, 3.8) is 0 Å². The van der Waals surface area contributed by atoms with E-state index in [2.05, 4.69) is 16.4 Å². The van der Waals surface area contributed by atoms with E-state index in [-0.39, 0.29) is 28.3 Å². The van der Waals surface area contributed by atoms with Gasteiger partial charge in [-0.1, -0.05) is 41.9 Å². The van der Waals surface area contributed by atoms with Crippen LogP contribution >= 0.6 is 11.6 Å². The number of aromatic hydroxyl groups is 1. The van der Waals surface area contributed by atoms with Gasteiger partial charge in [0.1, 0.15) is 5.75 Å². The van der Waals surface area contributed by atoms with Gasteiger partial charge in [-0.25, -0.2) is 0 Å². The zero-order valence-corrected chi connectivity index (χ0v) is 19.1. The molecule has 7 heteroatoms. The molecule has 0 spiro atoms. The molecule has 33 heavy (non-hydrogen) atoms. The first kappa shape index (κ1) is 22.6. The van der Waals surface area contributed by atoms with Gasteiger partial charge in [-0.05, 0) is 48.4 Å². The highest BCUT2D eigenvalue weighted by Gasteiger charge is 2.21. The molecular formula is C26H25ClN2O4. The summed E-state index contributed by atoms with van der Waals surface area (Å²) >= 11 is 6.11. The highest BCUT2D eigenvalue weighted by atomic mass is 35.5. The van der Waals surface area contributed by atoms with Gasteiger partial charge in [0.15, 0.2) is 11.5 Å². The standard InChI is InChI=1S/C26H25ClN2O4/c1-3-33-24-13-17(12-22(27)25(24)30)26(31)29-14-20(16-8-10-18(32-2)11-9-16)21-15-28-23-7-5-4-6-19(21)23/h4-13,15,20,28,30H,3,14H2,1-2H3,(H,29,31). The Bertz CT molecular complexity index is 1270. The molecule has 1 aromatic heterocycles. The van der Waals surface area contributed by atoms with E-state index in [0.717, 1.165) is 27.8 Å². The number of rotatable bonds is 8. The summed E-state index contributed by atoms with van der Waals surface area (Å²) in [7, 11) is 1.63. The molecular weight excluding hydrogens is 440 g/mol. The first-order chi connectivity index (χ1) is 16.0. The van der Waals surface area contributed by atoms with Gasteiger partial charge < -0.3 is 24.9 Å². The third-order valence-electron chi connectivity index (χ3n) is 5.57. The van der Waals surface area contributed by atoms with Gasteiger partial charge in [0.05, 0.1) is 18.7 Å². The molecule has 4 aromatic rings. The number of fused-ring (bicyclic) bond motifs is 1. The van der Waals surface area contributed by atoms with Crippen molar-refractivity contribution in [3.8, 4) is 17.2 Å². The first-order valence-corrected chi connectivity index (χ1v) is 11.0. The van der Waals surface area contributed by atoms with E-state index in [1.165, 1.54) is 12.1 Å². The minimum absolute atomic E-state index is 0.0643. The minimum atomic E-state index is -0.309. The molecule has 0 radical (unpaired) electrons. The number of amides is 1. The lowest BCUT2D eigenvalue weighted by Gasteiger charge is -2.19. The second kappa shape index (κ2) is 9.88. The number of carbonyl (C=O) groups excluding carboxylic acids is 1. The SMILES string of the molecule is CCOc1cc(C(=O)NCC(c2ccc(OC)cc2)c2c[nH]c3ccccc23)cc(Cl)c1O. The van der Waals surface area contributed by atoms with E-state index in [4.69, 9.17) is 21.1 Å². The number of methoxy groups -OCH3 is 1. The zero-order valence-electron chi connectivity index (χ0n) is 18.4. The van der Waals surface area contributed by atoms with Crippen molar-refractivity contribution < 1.29 is 19.4 Å². The fourth-order valence-corrected chi connectivity index (χ4v) is 4.10. The van der Waals surface area contributed by atoms with Crippen molar-refractivity contribution in [2.24, 2.45) is 0 Å². The predicted molar refractivity (Wildman–Crippen MR) is 130 cm³/mol. The Morgan fingerprint density at radius 3 is 2.64 bits per heavy atom. The van der Waals surface area contributed by atoms with Crippen LogP contribution in [0.15, 0.2) is 66.9 Å². The van der Waals surface area contributed by atoms with Crippen molar-refractivity contribution in [2.45, 2.75) is 12.8 Å². The number of aromatic amines is 1. The highest BCUT2D eigenvalue weighted by Crippen LogP contribution is 2.35. The van der Waals surface area contributed by atoms with E-state index in [1.807, 2.05) is 48.7 Å². The topological polar surface area (TPSA) is 83.6 Å². The number of carbonyl (C=O) groups is 1. The number of phenolic OH excluding ortho intramolecular Hbond substituents is 1. The van der Waals surface area contributed by atoms with Crippen molar-refractivity contribution in [3.05, 3.63) is 88.6 Å². The summed E-state index contributed by atoms with van der Waals surface area (Å²) in [5.41, 5.74) is 3.46. The van der Waals surface area contributed by atoms with Crippen LogP contribution in [-0.4, -0.2) is 36.3 Å². The molecule has 0 fully saturated rings. The Kier molecular flexibility index (Phi) is 6.75. The van der Waals surface area contributed by atoms with Crippen LogP contribution in [0.5, 0.6) is 17.2 Å². The molecule has 3 aromatic carbocycles. The minimum Gasteiger partial charge on any atom is -0.503 e. The summed E-state index contributed by atoms with van der Waals surface area (Å²) in [5, 5.41) is 14.2. The van der Waals surface area contributed by atoms with Gasteiger partial charge in [0.25, 0.3) is 5.91 Å². The van der Waals surface area contributed by atoms with Gasteiger partial charge in [0.2, 0.25) is 0 Å². The number of phenols is 1. The summed E-state index contributed by atoms with van der Waals surface area (Å²) in [6, 6.07) is 18.8. The zero-order chi connectivity index (χ0) is 23.4. The van der Waals surface area contributed by atoms with E-state index < -0.39 is 0 Å². The lowest BCUT2D eigenvalue weighted by Crippen LogP contribution is -2.29. The summed E-state index contributed by atoms with van der Waals surface area (Å²) in [6.45, 7) is 2.49. The average Bonchev–Trinajstić information content (AvgIpc) is 3.26. The molecule has 0 bridgehead atoms. The Labute approximate surface area is 197 Å². The normalized spacial score (nSPS) is 11.8. The predicted octanol–water partition coefficient (Wildman–Crippen LogP) is 5.50. The van der Waals surface area contributed by atoms with E-state index in [9.17, 15) is 9.90 Å². The van der Waals surface area contributed by atoms with Crippen LogP contribution in [0.25, 0.3) is 10.9 Å². The van der Waals surface area contributed by atoms with Gasteiger partial charge in [-0.3, -0.25) is 4.79 Å². The van der Waals surface area contributed by atoms with Crippen LogP contribution in [0.4, 0.5) is 0 Å². The average molecular weight is 465 g/mol. The molecule has 1 unspecified atom stereocenters. The molecule has 3 N–H and O–H groups in total. The quantitative estimate of drug-likeness (QED) is 0.321. The molecule has 1 amide bonds. The van der Waals surface area contributed by atoms with Crippen LogP contribution in [-0.2, 0) is 0 Å². The molecule has 0 saturated heterocycles. The van der Waals surface area contributed by atoms with Crippen LogP contribution in [0.2, 0.25) is 5.02 Å². The maximum absolute atomic E-state index is 13.0. The fourth-order valence-electron chi connectivity index (χ4n) is 3.89. The second-order valence-electron chi connectivity index (χ2n) is 7.56. The van der Waals surface area contributed by atoms with Gasteiger partial charge in [-0.2, -0.15) is 0 Å². The molecule has 1 heterocycles. The number of hydrogen-bond donors (Lipinski definition) is 3. The number of halogens is 1. The number of H-pyrrole nitrogens is 1. The number of nitrogens with one attached hydrogen (secondary N) is 2. The van der Waals surface area contributed by atoms with E-state index >= 15 is 0 Å². The lowest BCUT2D eigenvalue weighted by molar-refractivity contribution is 0.0952. The molecule has 0 aliphatic rings. The van der Waals surface area contributed by atoms with E-state index in [0.29, 0.717) is 18.7 Å². The maximum atomic E-state index is 13.0. The maximum Gasteiger partial charge on any atom is 0.251 e. The molecule has 1 atom stereocenters. The molecule has 4 rings (SSSR count). The number of aromatic nitrogens is 1. The first-order valence-electron chi connectivity index (χ1n) is 10.6. The van der Waals surface area contributed by atoms with Crippen molar-refractivity contribution in [1.82, 2.24) is 10.3 Å². The molecule has 170 valence electrons. The summed E-state index contributed by atoms with van der Waals surface area (Å²) in [6.07, 6.45) is 1.98. The fraction of sp³-hybridized carbons (Fsp3) is 0.192. The van der Waals surface area contributed by atoms with Gasteiger partial charge >= 0.3 is 0 Å². The van der Waals surface area contributed by atoms with Gasteiger partial charge in [-0.15, -0.1) is 0 Å². The third-order valence-corrected chi connectivity index (χ3v) is 5.86. The van der Waals surface area contributed by atoms with Gasteiger partial charge in [0, 0.05) is 35.1 Å². The number of para-hydroxylation sites is 1. The Balaban J connectivity index is 1.64. The highest BCUT2D eigenvalue weighted by molar-refractivity contribution is 6.32. The summed E-state index contributed by atoms with van der Waals surface area (Å²) < 4.78 is 10.7. The summed E-state index contributed by atoms with van der Waals surface area (Å²) in [5.74, 6) is 0.359. The Morgan fingerprint density at radius 1 is 1.15 bits per heavy atom. The number of ether oxygens (including phenoxy) is 2. The Hall–Kier alpha value is -3.64. The largest absolute Gasteiger partial charge is 0.503 e.